The number of aryl methyl sites for hydroxylation is 1. The van der Waals surface area contributed by atoms with Crippen LogP contribution in [-0.2, 0) is 6.54 Å². The summed E-state index contributed by atoms with van der Waals surface area (Å²) in [5.74, 6) is -1.01. The van der Waals surface area contributed by atoms with Crippen LogP contribution in [0.25, 0.3) is 0 Å². The van der Waals surface area contributed by atoms with E-state index in [0.29, 0.717) is 0 Å². The van der Waals surface area contributed by atoms with Crippen LogP contribution in [0.15, 0.2) is 6.20 Å². The number of alkyl halides is 1. The van der Waals surface area contributed by atoms with Crippen molar-refractivity contribution in [2.24, 2.45) is 5.73 Å². The van der Waals surface area contributed by atoms with E-state index < -0.39 is 28.9 Å². The maximum absolute atomic E-state index is 11.9. The van der Waals surface area contributed by atoms with Crippen LogP contribution in [-0.4, -0.2) is 27.3 Å². The van der Waals surface area contributed by atoms with Crippen LogP contribution in [0.3, 0.4) is 0 Å². The smallest absolute Gasteiger partial charge is 0.320 e. The molecular weight excluding hydrogens is 195 g/mol. The Kier molecular flexibility index (Phi) is 2.75. The highest BCUT2D eigenvalue weighted by Crippen LogP contribution is 2.15. The molecule has 0 aliphatic rings. The van der Waals surface area contributed by atoms with Crippen LogP contribution in [0, 0.1) is 10.1 Å². The second kappa shape index (κ2) is 3.81. The van der Waals surface area contributed by atoms with Gasteiger partial charge in [-0.1, -0.05) is 0 Å². The van der Waals surface area contributed by atoms with Gasteiger partial charge in [0.15, 0.2) is 0 Å². The van der Waals surface area contributed by atoms with Crippen molar-refractivity contribution in [2.45, 2.75) is 6.54 Å². The minimum atomic E-state index is -1.01. The number of amides is 1. The molecule has 14 heavy (non-hydrogen) atoms. The third-order valence-electron chi connectivity index (χ3n) is 1.49. The molecule has 2 N–H and O–H groups in total. The number of nitrogens with zero attached hydrogens (tertiary/aromatic N) is 3. The first-order valence-corrected chi connectivity index (χ1v) is 3.64. The summed E-state index contributed by atoms with van der Waals surface area (Å²) in [7, 11) is 0. The molecule has 0 saturated carbocycles. The van der Waals surface area contributed by atoms with Gasteiger partial charge in [-0.2, -0.15) is 5.10 Å². The maximum atomic E-state index is 11.9. The fraction of sp³-hybridized carbons (Fsp3) is 0.333. The first kappa shape index (κ1) is 10.1. The Balaban J connectivity index is 3.12. The van der Waals surface area contributed by atoms with Gasteiger partial charge in [0.25, 0.3) is 5.91 Å². The summed E-state index contributed by atoms with van der Waals surface area (Å²) in [5, 5.41) is 13.9. The molecule has 1 amide bonds. The third-order valence-corrected chi connectivity index (χ3v) is 1.49. The highest BCUT2D eigenvalue weighted by atomic mass is 19.1. The van der Waals surface area contributed by atoms with E-state index in [0.717, 1.165) is 10.9 Å². The average molecular weight is 202 g/mol. The zero-order valence-electron chi connectivity index (χ0n) is 7.01. The number of carbonyl (C=O) groups excluding carboxylic acids is 1. The predicted molar refractivity (Wildman–Crippen MR) is 43.4 cm³/mol. The molecule has 1 aromatic rings. The summed E-state index contributed by atoms with van der Waals surface area (Å²) in [6.07, 6.45) is 0.972. The fourth-order valence-corrected chi connectivity index (χ4v) is 0.921. The molecule has 0 unspecified atom stereocenters. The average Bonchev–Trinajstić information content (AvgIpc) is 2.49. The number of hydrogen-bond acceptors (Lipinski definition) is 4. The molecule has 0 radical (unpaired) electrons. The molecule has 0 aromatic carbocycles. The van der Waals surface area contributed by atoms with E-state index in [2.05, 4.69) is 5.10 Å². The van der Waals surface area contributed by atoms with E-state index >= 15 is 0 Å². The Hall–Kier alpha value is -1.99. The van der Waals surface area contributed by atoms with Gasteiger partial charge >= 0.3 is 5.69 Å². The van der Waals surface area contributed by atoms with Gasteiger partial charge in [-0.3, -0.25) is 19.6 Å². The number of hydrogen-bond donors (Lipinski definition) is 1. The van der Waals surface area contributed by atoms with Crippen molar-refractivity contribution in [3.8, 4) is 0 Å². The van der Waals surface area contributed by atoms with Crippen LogP contribution in [0.4, 0.5) is 10.1 Å². The molecule has 0 aliphatic carbocycles. The minimum absolute atomic E-state index is 0.145. The fourth-order valence-electron chi connectivity index (χ4n) is 0.921. The largest absolute Gasteiger partial charge is 0.364 e. The molecule has 8 heteroatoms. The second-order valence-electron chi connectivity index (χ2n) is 2.44. The molecule has 1 heterocycles. The normalized spacial score (nSPS) is 10.1. The van der Waals surface area contributed by atoms with Crippen LogP contribution in [0.2, 0.25) is 0 Å². The van der Waals surface area contributed by atoms with Gasteiger partial charge in [-0.25, -0.2) is 4.39 Å². The maximum Gasteiger partial charge on any atom is 0.320 e. The Bertz CT molecular complexity index is 344. The quantitative estimate of drug-likeness (QED) is 0.541. The Morgan fingerprint density at radius 2 is 2.43 bits per heavy atom. The number of nitro groups is 1. The number of rotatable bonds is 4. The molecule has 0 atom stereocenters. The lowest BCUT2D eigenvalue weighted by Crippen LogP contribution is -2.14. The Morgan fingerprint density at radius 1 is 1.79 bits per heavy atom. The van der Waals surface area contributed by atoms with E-state index in [1.807, 2.05) is 0 Å². The SMILES string of the molecule is NC(=O)c1nn(CCF)cc1[N+](=O)[O-]. The zero-order valence-corrected chi connectivity index (χ0v) is 7.01. The van der Waals surface area contributed by atoms with Gasteiger partial charge < -0.3 is 5.73 Å². The lowest BCUT2D eigenvalue weighted by Gasteiger charge is -1.91. The number of halogens is 1. The van der Waals surface area contributed by atoms with Gasteiger partial charge in [0.2, 0.25) is 5.69 Å². The number of aromatic nitrogens is 2. The molecule has 76 valence electrons. The van der Waals surface area contributed by atoms with Crippen molar-refractivity contribution in [3.05, 3.63) is 22.0 Å². The van der Waals surface area contributed by atoms with Gasteiger partial charge in [-0.05, 0) is 0 Å². The van der Waals surface area contributed by atoms with Gasteiger partial charge in [-0.15, -0.1) is 0 Å². The first-order chi connectivity index (χ1) is 6.56. The highest BCUT2D eigenvalue weighted by Gasteiger charge is 2.23. The van der Waals surface area contributed by atoms with E-state index in [9.17, 15) is 19.3 Å². The lowest BCUT2D eigenvalue weighted by atomic mass is 10.4. The third kappa shape index (κ3) is 1.84. The van der Waals surface area contributed by atoms with Crippen LogP contribution < -0.4 is 5.73 Å². The molecule has 1 rings (SSSR count). The van der Waals surface area contributed by atoms with Crippen molar-refractivity contribution in [3.63, 3.8) is 0 Å². The van der Waals surface area contributed by atoms with Crippen LogP contribution in [0.1, 0.15) is 10.5 Å². The summed E-state index contributed by atoms with van der Waals surface area (Å²) in [4.78, 5) is 20.3. The summed E-state index contributed by atoms with van der Waals surface area (Å²) in [6.45, 7) is -0.870. The van der Waals surface area contributed by atoms with E-state index in [1.165, 1.54) is 0 Å². The molecule has 0 bridgehead atoms. The lowest BCUT2D eigenvalue weighted by molar-refractivity contribution is -0.385. The van der Waals surface area contributed by atoms with Crippen molar-refractivity contribution < 1.29 is 14.1 Å². The number of primary amides is 1. The monoisotopic (exact) mass is 202 g/mol. The van der Waals surface area contributed by atoms with E-state index in [4.69, 9.17) is 5.73 Å². The Morgan fingerprint density at radius 3 is 2.79 bits per heavy atom. The minimum Gasteiger partial charge on any atom is -0.364 e. The Labute approximate surface area is 77.5 Å². The number of nitrogens with two attached hydrogens (primary N) is 1. The number of carbonyl (C=O) groups is 1. The molecule has 0 saturated heterocycles. The van der Waals surface area contributed by atoms with Crippen molar-refractivity contribution in [2.75, 3.05) is 6.67 Å². The molecule has 0 spiro atoms. The van der Waals surface area contributed by atoms with E-state index in [1.54, 1.807) is 0 Å². The topological polar surface area (TPSA) is 104 Å². The summed E-state index contributed by atoms with van der Waals surface area (Å²) in [6, 6.07) is 0. The molecule has 7 nitrogen and oxygen atoms in total. The van der Waals surface area contributed by atoms with Crippen molar-refractivity contribution >= 4 is 11.6 Å². The first-order valence-electron chi connectivity index (χ1n) is 3.64. The standard InChI is InChI=1S/C6H7FN4O3/c7-1-2-10-3-4(11(13)14)5(9-10)6(8)12/h3H,1-2H2,(H2,8,12). The molecular formula is C6H7FN4O3. The molecule has 0 fully saturated rings. The van der Waals surface area contributed by atoms with Crippen LogP contribution >= 0.6 is 0 Å². The van der Waals surface area contributed by atoms with Crippen molar-refractivity contribution in [1.82, 2.24) is 9.78 Å². The van der Waals surface area contributed by atoms with Crippen LogP contribution in [0.5, 0.6) is 0 Å². The van der Waals surface area contributed by atoms with Gasteiger partial charge in [0, 0.05) is 0 Å². The van der Waals surface area contributed by atoms with Gasteiger partial charge in [0.05, 0.1) is 11.5 Å². The predicted octanol–water partition coefficient (Wildman–Crippen LogP) is -0.140. The summed E-state index contributed by atoms with van der Waals surface area (Å²) < 4.78 is 12.8. The van der Waals surface area contributed by atoms with E-state index in [-0.39, 0.29) is 6.54 Å². The summed E-state index contributed by atoms with van der Waals surface area (Å²) in [5.41, 5.74) is 3.89. The summed E-state index contributed by atoms with van der Waals surface area (Å²) >= 11 is 0. The molecule has 0 aliphatic heterocycles. The van der Waals surface area contributed by atoms with Crippen molar-refractivity contribution in [1.29, 1.82) is 0 Å². The van der Waals surface area contributed by atoms with Gasteiger partial charge in [0.1, 0.15) is 12.9 Å². The zero-order chi connectivity index (χ0) is 10.7. The second-order valence-corrected chi connectivity index (χ2v) is 2.44. The molecule has 1 aromatic heterocycles. The highest BCUT2D eigenvalue weighted by molar-refractivity contribution is 5.94.